The monoisotopic (exact) mass is 403 g/mol. The molecule has 7 nitrogen and oxygen atoms in total. The summed E-state index contributed by atoms with van der Waals surface area (Å²) in [6.07, 6.45) is 0.285. The number of pyridine rings is 1. The summed E-state index contributed by atoms with van der Waals surface area (Å²) < 4.78 is 39.6. The molecule has 4 rings (SSSR count). The fraction of sp³-hybridized carbons (Fsp3) is 0.368. The van der Waals surface area contributed by atoms with Gasteiger partial charge in [-0.15, -0.1) is 0 Å². The predicted octanol–water partition coefficient (Wildman–Crippen LogP) is 2.71. The number of hydrogen-bond acceptors (Lipinski definition) is 6. The number of aryl methyl sites for hydroxylation is 1. The van der Waals surface area contributed by atoms with E-state index in [4.69, 9.17) is 0 Å². The van der Waals surface area contributed by atoms with Gasteiger partial charge < -0.3 is 4.90 Å². The van der Waals surface area contributed by atoms with Gasteiger partial charge in [-0.2, -0.15) is 18.3 Å². The van der Waals surface area contributed by atoms with Crippen LogP contribution in [0.4, 0.5) is 19.0 Å². The normalized spacial score (nSPS) is 15.7. The maximum absolute atomic E-state index is 12.6. The fourth-order valence-electron chi connectivity index (χ4n) is 3.26. The zero-order valence-electron chi connectivity index (χ0n) is 15.8. The van der Waals surface area contributed by atoms with Crippen molar-refractivity contribution in [3.05, 3.63) is 59.9 Å². The van der Waals surface area contributed by atoms with Crippen LogP contribution in [-0.2, 0) is 12.7 Å². The SMILES string of the molecule is Cc1ccn(-c2cc(N3CCN(Cc4ccc(C(F)(F)F)nc4)CC3)ncn2)n1. The van der Waals surface area contributed by atoms with Crippen molar-refractivity contribution >= 4 is 5.82 Å². The molecule has 1 saturated heterocycles. The molecule has 1 aliphatic rings. The Bertz CT molecular complexity index is 960. The Kier molecular flexibility index (Phi) is 5.18. The smallest absolute Gasteiger partial charge is 0.354 e. The molecule has 0 unspecified atom stereocenters. The van der Waals surface area contributed by atoms with E-state index in [0.717, 1.165) is 49.3 Å². The number of piperazine rings is 1. The van der Waals surface area contributed by atoms with E-state index in [0.29, 0.717) is 12.4 Å². The molecule has 10 heteroatoms. The van der Waals surface area contributed by atoms with Gasteiger partial charge in [0.25, 0.3) is 0 Å². The van der Waals surface area contributed by atoms with Crippen molar-refractivity contribution in [3.63, 3.8) is 0 Å². The Morgan fingerprint density at radius 2 is 1.72 bits per heavy atom. The third-order valence-corrected chi connectivity index (χ3v) is 4.81. The predicted molar refractivity (Wildman–Crippen MR) is 101 cm³/mol. The van der Waals surface area contributed by atoms with Crippen LogP contribution in [0.2, 0.25) is 0 Å². The molecule has 0 amide bonds. The molecule has 0 N–H and O–H groups in total. The minimum atomic E-state index is -4.41. The molecule has 0 aliphatic carbocycles. The first kappa shape index (κ1) is 19.3. The van der Waals surface area contributed by atoms with Gasteiger partial charge in [-0.3, -0.25) is 9.88 Å². The summed E-state index contributed by atoms with van der Waals surface area (Å²) in [4.78, 5) is 16.5. The minimum absolute atomic E-state index is 0.570. The van der Waals surface area contributed by atoms with Crippen molar-refractivity contribution in [1.82, 2.24) is 29.6 Å². The third kappa shape index (κ3) is 4.53. The van der Waals surface area contributed by atoms with Crippen molar-refractivity contribution in [3.8, 4) is 5.82 Å². The highest BCUT2D eigenvalue weighted by molar-refractivity contribution is 5.43. The zero-order valence-corrected chi connectivity index (χ0v) is 15.8. The number of halogens is 3. The van der Waals surface area contributed by atoms with Gasteiger partial charge in [0.15, 0.2) is 5.82 Å². The lowest BCUT2D eigenvalue weighted by molar-refractivity contribution is -0.141. The first-order chi connectivity index (χ1) is 13.9. The van der Waals surface area contributed by atoms with Crippen molar-refractivity contribution in [2.24, 2.45) is 0 Å². The van der Waals surface area contributed by atoms with Gasteiger partial charge in [0.1, 0.15) is 17.8 Å². The first-order valence-corrected chi connectivity index (χ1v) is 9.22. The zero-order chi connectivity index (χ0) is 20.4. The van der Waals surface area contributed by atoms with E-state index in [1.165, 1.54) is 18.6 Å². The summed E-state index contributed by atoms with van der Waals surface area (Å²) in [5.41, 5.74) is 0.819. The number of alkyl halides is 3. The van der Waals surface area contributed by atoms with E-state index >= 15 is 0 Å². The second-order valence-corrected chi connectivity index (χ2v) is 6.95. The maximum atomic E-state index is 12.6. The molecular weight excluding hydrogens is 383 g/mol. The van der Waals surface area contributed by atoms with Crippen molar-refractivity contribution < 1.29 is 13.2 Å². The van der Waals surface area contributed by atoms with Gasteiger partial charge in [-0.1, -0.05) is 6.07 Å². The summed E-state index contributed by atoms with van der Waals surface area (Å²) in [7, 11) is 0. The molecule has 0 bridgehead atoms. The Morgan fingerprint density at radius 1 is 0.966 bits per heavy atom. The van der Waals surface area contributed by atoms with Gasteiger partial charge >= 0.3 is 6.18 Å². The van der Waals surface area contributed by atoms with Crippen molar-refractivity contribution in [2.75, 3.05) is 31.1 Å². The van der Waals surface area contributed by atoms with E-state index < -0.39 is 11.9 Å². The maximum Gasteiger partial charge on any atom is 0.433 e. The number of aromatic nitrogens is 5. The highest BCUT2D eigenvalue weighted by Crippen LogP contribution is 2.27. The third-order valence-electron chi connectivity index (χ3n) is 4.81. The van der Waals surface area contributed by atoms with Crippen LogP contribution in [0.3, 0.4) is 0 Å². The van der Waals surface area contributed by atoms with Crippen LogP contribution in [0.1, 0.15) is 17.0 Å². The van der Waals surface area contributed by atoms with Crippen LogP contribution < -0.4 is 4.90 Å². The van der Waals surface area contributed by atoms with Crippen LogP contribution in [0.25, 0.3) is 5.82 Å². The molecule has 0 atom stereocenters. The molecule has 0 aromatic carbocycles. The molecule has 152 valence electrons. The van der Waals surface area contributed by atoms with Crippen LogP contribution in [0, 0.1) is 6.92 Å². The fourth-order valence-corrected chi connectivity index (χ4v) is 3.26. The molecule has 29 heavy (non-hydrogen) atoms. The van der Waals surface area contributed by atoms with E-state index in [1.54, 1.807) is 4.68 Å². The quantitative estimate of drug-likeness (QED) is 0.668. The molecular formula is C19H20F3N7. The lowest BCUT2D eigenvalue weighted by Gasteiger charge is -2.35. The average Bonchev–Trinajstić information content (AvgIpc) is 3.15. The Hall–Kier alpha value is -3.01. The highest BCUT2D eigenvalue weighted by atomic mass is 19.4. The molecule has 1 aliphatic heterocycles. The Balaban J connectivity index is 1.36. The van der Waals surface area contributed by atoms with Crippen LogP contribution in [0.5, 0.6) is 0 Å². The molecule has 3 aromatic heterocycles. The summed E-state index contributed by atoms with van der Waals surface area (Å²) in [6.45, 7) is 5.58. The second-order valence-electron chi connectivity index (χ2n) is 6.95. The molecule has 4 heterocycles. The molecule has 3 aromatic rings. The standard InChI is InChI=1S/C19H20F3N7/c1-14-4-5-29(26-14)18-10-17(24-13-25-18)28-8-6-27(7-9-28)12-15-2-3-16(23-11-15)19(20,21)22/h2-5,10-11,13H,6-9,12H2,1H3. The lowest BCUT2D eigenvalue weighted by atomic mass is 10.2. The first-order valence-electron chi connectivity index (χ1n) is 9.22. The largest absolute Gasteiger partial charge is 0.433 e. The van der Waals surface area contributed by atoms with Gasteiger partial charge in [0, 0.05) is 51.2 Å². The van der Waals surface area contributed by atoms with Gasteiger partial charge in [0.05, 0.1) is 5.69 Å². The van der Waals surface area contributed by atoms with Gasteiger partial charge in [-0.05, 0) is 24.6 Å². The van der Waals surface area contributed by atoms with Crippen molar-refractivity contribution in [2.45, 2.75) is 19.6 Å². The van der Waals surface area contributed by atoms with Crippen LogP contribution in [-0.4, -0.2) is 55.8 Å². The molecule has 0 radical (unpaired) electrons. The van der Waals surface area contributed by atoms with E-state index in [9.17, 15) is 13.2 Å². The van der Waals surface area contributed by atoms with Gasteiger partial charge in [-0.25, -0.2) is 14.6 Å². The molecule has 0 saturated carbocycles. The van der Waals surface area contributed by atoms with E-state index in [1.807, 2.05) is 25.3 Å². The summed E-state index contributed by atoms with van der Waals surface area (Å²) in [5, 5.41) is 4.37. The highest BCUT2D eigenvalue weighted by Gasteiger charge is 2.32. The van der Waals surface area contributed by atoms with Crippen LogP contribution >= 0.6 is 0 Å². The van der Waals surface area contributed by atoms with Gasteiger partial charge in [0.2, 0.25) is 0 Å². The lowest BCUT2D eigenvalue weighted by Crippen LogP contribution is -2.46. The summed E-state index contributed by atoms with van der Waals surface area (Å²) in [6, 6.07) is 6.34. The topological polar surface area (TPSA) is 63.0 Å². The average molecular weight is 403 g/mol. The summed E-state index contributed by atoms with van der Waals surface area (Å²) in [5.74, 6) is 1.54. The summed E-state index contributed by atoms with van der Waals surface area (Å²) >= 11 is 0. The van der Waals surface area contributed by atoms with E-state index in [2.05, 4.69) is 29.9 Å². The second kappa shape index (κ2) is 7.78. The van der Waals surface area contributed by atoms with E-state index in [-0.39, 0.29) is 0 Å². The number of anilines is 1. The van der Waals surface area contributed by atoms with Crippen molar-refractivity contribution in [1.29, 1.82) is 0 Å². The Morgan fingerprint density at radius 3 is 2.34 bits per heavy atom. The minimum Gasteiger partial charge on any atom is -0.354 e. The number of nitrogens with zero attached hydrogens (tertiary/aromatic N) is 7. The molecule has 1 fully saturated rings. The molecule has 0 spiro atoms. The number of hydrogen-bond donors (Lipinski definition) is 0. The Labute approximate surface area is 165 Å². The number of rotatable bonds is 4. The van der Waals surface area contributed by atoms with Crippen LogP contribution in [0.15, 0.2) is 43.0 Å².